The van der Waals surface area contributed by atoms with Crippen LogP contribution in [0.3, 0.4) is 0 Å². The lowest BCUT2D eigenvalue weighted by atomic mass is 10.1. The van der Waals surface area contributed by atoms with Crippen LogP contribution in [-0.4, -0.2) is 9.97 Å². The first kappa shape index (κ1) is 13.5. The summed E-state index contributed by atoms with van der Waals surface area (Å²) in [7, 11) is 0. The summed E-state index contributed by atoms with van der Waals surface area (Å²) in [5.41, 5.74) is 11.5. The average molecular weight is 271 g/mol. The average Bonchev–Trinajstić information content (AvgIpc) is 2.30. The predicted octanol–water partition coefficient (Wildman–Crippen LogP) is 3.38. The molecule has 19 heavy (non-hydrogen) atoms. The van der Waals surface area contributed by atoms with Crippen molar-refractivity contribution in [3.05, 3.63) is 52.8 Å². The van der Waals surface area contributed by atoms with Crippen molar-refractivity contribution in [2.24, 2.45) is 5.73 Å². The molecule has 0 amide bonds. The topological polar surface area (TPSA) is 50.9 Å². The van der Waals surface area contributed by atoms with Gasteiger partial charge in [0.15, 0.2) is 0 Å². The molecule has 2 rings (SSSR count). The molecule has 0 radical (unpaired) electrons. The van der Waals surface area contributed by atoms with Crippen molar-refractivity contribution < 1.29 is 0 Å². The number of nitrogens with one attached hydrogen (secondary N) is 1. The molecule has 3 nitrogen and oxygen atoms in total. The quantitative estimate of drug-likeness (QED) is 0.840. The molecule has 0 fully saturated rings. The van der Waals surface area contributed by atoms with E-state index in [2.05, 4.69) is 29.4 Å². The van der Waals surface area contributed by atoms with E-state index in [0.29, 0.717) is 4.99 Å². The van der Waals surface area contributed by atoms with Gasteiger partial charge in [-0.15, -0.1) is 0 Å². The lowest BCUT2D eigenvalue weighted by Gasteiger charge is -2.14. The minimum Gasteiger partial charge on any atom is -0.389 e. The van der Waals surface area contributed by atoms with E-state index in [1.165, 1.54) is 5.56 Å². The van der Waals surface area contributed by atoms with E-state index in [-0.39, 0.29) is 0 Å². The Hall–Kier alpha value is -1.94. The van der Waals surface area contributed by atoms with Crippen molar-refractivity contribution in [3.63, 3.8) is 0 Å². The number of benzene rings is 1. The Labute approximate surface area is 118 Å². The van der Waals surface area contributed by atoms with Crippen molar-refractivity contribution in [2.75, 3.05) is 5.32 Å². The monoisotopic (exact) mass is 271 g/mol. The summed E-state index contributed by atoms with van der Waals surface area (Å²) in [5.74, 6) is 0. The lowest BCUT2D eigenvalue weighted by Crippen LogP contribution is -2.15. The molecule has 0 aliphatic carbocycles. The molecule has 0 aliphatic heterocycles. The first-order valence-electron chi connectivity index (χ1n) is 6.09. The predicted molar refractivity (Wildman–Crippen MR) is 84.1 cm³/mol. The number of rotatable bonds is 3. The Balaban J connectivity index is 2.44. The highest BCUT2D eigenvalue weighted by molar-refractivity contribution is 7.80. The molecule has 3 N–H and O–H groups in total. The van der Waals surface area contributed by atoms with E-state index in [1.54, 1.807) is 0 Å². The molecule has 0 saturated heterocycles. The number of aromatic nitrogens is 1. The summed E-state index contributed by atoms with van der Waals surface area (Å²) < 4.78 is 0. The van der Waals surface area contributed by atoms with Gasteiger partial charge in [0.05, 0.1) is 11.3 Å². The Bertz CT molecular complexity index is 618. The van der Waals surface area contributed by atoms with Crippen LogP contribution in [0.4, 0.5) is 11.4 Å². The third kappa shape index (κ3) is 3.09. The summed E-state index contributed by atoms with van der Waals surface area (Å²) in [6, 6.07) is 10.1. The standard InChI is InChI=1S/C15H17N3S/c1-9-4-6-12(7-5-9)18-13-8-10(2)17-11(3)14(13)15(16)19/h4-8H,1-3H3,(H2,16,19)(H,17,18). The van der Waals surface area contributed by atoms with Gasteiger partial charge in [0.1, 0.15) is 4.99 Å². The molecule has 2 aromatic rings. The van der Waals surface area contributed by atoms with Crippen LogP contribution in [0.15, 0.2) is 30.3 Å². The maximum atomic E-state index is 5.79. The van der Waals surface area contributed by atoms with Gasteiger partial charge in [0.25, 0.3) is 0 Å². The van der Waals surface area contributed by atoms with Crippen LogP contribution >= 0.6 is 12.2 Å². The van der Waals surface area contributed by atoms with Gasteiger partial charge >= 0.3 is 0 Å². The smallest absolute Gasteiger partial charge is 0.107 e. The van der Waals surface area contributed by atoms with E-state index < -0.39 is 0 Å². The molecule has 1 aromatic carbocycles. The number of nitrogens with zero attached hydrogens (tertiary/aromatic N) is 1. The summed E-state index contributed by atoms with van der Waals surface area (Å²) in [6.45, 7) is 5.93. The minimum atomic E-state index is 0.361. The second kappa shape index (κ2) is 5.36. The van der Waals surface area contributed by atoms with Crippen LogP contribution in [-0.2, 0) is 0 Å². The highest BCUT2D eigenvalue weighted by Crippen LogP contribution is 2.24. The molecule has 0 saturated carbocycles. The second-order valence-corrected chi connectivity index (χ2v) is 5.07. The zero-order valence-electron chi connectivity index (χ0n) is 11.3. The molecule has 0 bridgehead atoms. The van der Waals surface area contributed by atoms with E-state index >= 15 is 0 Å². The van der Waals surface area contributed by atoms with Gasteiger partial charge in [-0.3, -0.25) is 4.98 Å². The van der Waals surface area contributed by atoms with Gasteiger partial charge in [-0.2, -0.15) is 0 Å². The Morgan fingerprint density at radius 1 is 1.16 bits per heavy atom. The first-order valence-corrected chi connectivity index (χ1v) is 6.50. The highest BCUT2D eigenvalue weighted by Gasteiger charge is 2.11. The van der Waals surface area contributed by atoms with Crippen LogP contribution < -0.4 is 11.1 Å². The van der Waals surface area contributed by atoms with Gasteiger partial charge in [-0.1, -0.05) is 29.9 Å². The molecular weight excluding hydrogens is 254 g/mol. The van der Waals surface area contributed by atoms with Crippen LogP contribution in [0, 0.1) is 20.8 Å². The van der Waals surface area contributed by atoms with E-state index in [1.807, 2.05) is 32.0 Å². The Kier molecular flexibility index (Phi) is 3.81. The van der Waals surface area contributed by atoms with E-state index in [0.717, 1.165) is 28.3 Å². The summed E-state index contributed by atoms with van der Waals surface area (Å²) in [5, 5.41) is 3.36. The molecule has 0 spiro atoms. The fraction of sp³-hybridized carbons (Fsp3) is 0.200. The Morgan fingerprint density at radius 2 is 1.79 bits per heavy atom. The number of thiocarbonyl (C=S) groups is 1. The summed E-state index contributed by atoms with van der Waals surface area (Å²) in [6.07, 6.45) is 0. The van der Waals surface area contributed by atoms with Crippen molar-refractivity contribution in [1.29, 1.82) is 0 Å². The minimum absolute atomic E-state index is 0.361. The van der Waals surface area contributed by atoms with Crippen molar-refractivity contribution in [2.45, 2.75) is 20.8 Å². The van der Waals surface area contributed by atoms with Crippen LogP contribution in [0.2, 0.25) is 0 Å². The largest absolute Gasteiger partial charge is 0.389 e. The highest BCUT2D eigenvalue weighted by atomic mass is 32.1. The SMILES string of the molecule is Cc1ccc(Nc2cc(C)nc(C)c2C(N)=S)cc1. The van der Waals surface area contributed by atoms with Gasteiger partial charge in [0, 0.05) is 17.1 Å². The number of hydrogen-bond acceptors (Lipinski definition) is 3. The van der Waals surface area contributed by atoms with Crippen molar-refractivity contribution in [1.82, 2.24) is 4.98 Å². The maximum absolute atomic E-state index is 5.79. The zero-order chi connectivity index (χ0) is 14.0. The van der Waals surface area contributed by atoms with Gasteiger partial charge in [-0.25, -0.2) is 0 Å². The van der Waals surface area contributed by atoms with Crippen LogP contribution in [0.25, 0.3) is 0 Å². The fourth-order valence-corrected chi connectivity index (χ4v) is 2.29. The van der Waals surface area contributed by atoms with Gasteiger partial charge in [0.2, 0.25) is 0 Å². The van der Waals surface area contributed by atoms with Gasteiger partial charge < -0.3 is 11.1 Å². The third-order valence-electron chi connectivity index (χ3n) is 2.91. The molecular formula is C15H17N3S. The van der Waals surface area contributed by atoms with E-state index in [4.69, 9.17) is 18.0 Å². The second-order valence-electron chi connectivity index (χ2n) is 4.63. The summed E-state index contributed by atoms with van der Waals surface area (Å²) >= 11 is 5.12. The van der Waals surface area contributed by atoms with Crippen LogP contribution in [0.5, 0.6) is 0 Å². The number of nitrogens with two attached hydrogens (primary N) is 1. The first-order chi connectivity index (χ1) is 8.97. The molecule has 0 aliphatic rings. The zero-order valence-corrected chi connectivity index (χ0v) is 12.1. The maximum Gasteiger partial charge on any atom is 0.107 e. The fourth-order valence-electron chi connectivity index (χ4n) is 2.03. The van der Waals surface area contributed by atoms with Crippen molar-refractivity contribution in [3.8, 4) is 0 Å². The molecule has 1 aromatic heterocycles. The molecule has 0 unspecified atom stereocenters. The number of hydrogen-bond donors (Lipinski definition) is 2. The molecule has 4 heteroatoms. The van der Waals surface area contributed by atoms with Crippen molar-refractivity contribution >= 4 is 28.6 Å². The number of aryl methyl sites for hydroxylation is 3. The van der Waals surface area contributed by atoms with E-state index in [9.17, 15) is 0 Å². The molecule has 0 atom stereocenters. The number of anilines is 2. The molecule has 1 heterocycles. The summed E-state index contributed by atoms with van der Waals surface area (Å²) in [4.78, 5) is 4.76. The third-order valence-corrected chi connectivity index (χ3v) is 3.11. The number of pyridine rings is 1. The molecule has 98 valence electrons. The van der Waals surface area contributed by atoms with Gasteiger partial charge in [-0.05, 0) is 39.0 Å². The normalized spacial score (nSPS) is 10.3. The Morgan fingerprint density at radius 3 is 2.37 bits per heavy atom. The van der Waals surface area contributed by atoms with Crippen LogP contribution in [0.1, 0.15) is 22.5 Å². The lowest BCUT2D eigenvalue weighted by molar-refractivity contribution is 1.12.